The molecule has 2 nitrogen and oxygen atoms in total. The summed E-state index contributed by atoms with van der Waals surface area (Å²) in [5.74, 6) is -1.44. The predicted octanol–water partition coefficient (Wildman–Crippen LogP) is 3.17. The summed E-state index contributed by atoms with van der Waals surface area (Å²) in [5.41, 5.74) is 0.687. The lowest BCUT2D eigenvalue weighted by molar-refractivity contribution is -0.137. The average molecular weight is 261 g/mol. The summed E-state index contributed by atoms with van der Waals surface area (Å²) in [4.78, 5) is 10.5. The van der Waals surface area contributed by atoms with Gasteiger partial charge in [-0.3, -0.25) is 4.79 Å². The zero-order valence-corrected chi connectivity index (χ0v) is 9.21. The molecule has 1 unspecified atom stereocenters. The monoisotopic (exact) mass is 260 g/mol. The molecule has 0 aromatic heterocycles. The Labute approximate surface area is 89.9 Å². The first-order valence-electron chi connectivity index (χ1n) is 4.18. The van der Waals surface area contributed by atoms with Gasteiger partial charge in [0, 0.05) is 0 Å². The van der Waals surface area contributed by atoms with E-state index >= 15 is 0 Å². The van der Waals surface area contributed by atoms with Crippen LogP contribution in [0, 0.1) is 5.82 Å². The average Bonchev–Trinajstić information content (AvgIpc) is 2.08. The molecule has 1 atom stereocenters. The second-order valence-corrected chi connectivity index (χ2v) is 3.93. The highest BCUT2D eigenvalue weighted by Gasteiger charge is 2.14. The minimum Gasteiger partial charge on any atom is -0.481 e. The van der Waals surface area contributed by atoms with Gasteiger partial charge in [-0.2, -0.15) is 0 Å². The first-order valence-corrected chi connectivity index (χ1v) is 4.97. The summed E-state index contributed by atoms with van der Waals surface area (Å²) in [6.45, 7) is 1.76. The molecule has 0 radical (unpaired) electrons. The fraction of sp³-hybridized carbons (Fsp3) is 0.300. The molecular weight excluding hydrogens is 251 g/mol. The van der Waals surface area contributed by atoms with E-state index < -0.39 is 5.97 Å². The fourth-order valence-corrected chi connectivity index (χ4v) is 1.93. The summed E-state index contributed by atoms with van der Waals surface area (Å²) >= 11 is 3.10. The minimum absolute atomic E-state index is 0.00204. The van der Waals surface area contributed by atoms with Gasteiger partial charge in [0.2, 0.25) is 0 Å². The van der Waals surface area contributed by atoms with Crippen LogP contribution in [0.15, 0.2) is 22.7 Å². The van der Waals surface area contributed by atoms with Crippen molar-refractivity contribution < 1.29 is 14.3 Å². The van der Waals surface area contributed by atoms with Gasteiger partial charge in [0.1, 0.15) is 5.82 Å². The van der Waals surface area contributed by atoms with E-state index in [0.29, 0.717) is 10.0 Å². The van der Waals surface area contributed by atoms with Crippen LogP contribution in [-0.2, 0) is 4.79 Å². The van der Waals surface area contributed by atoms with Crippen molar-refractivity contribution in [2.75, 3.05) is 0 Å². The molecule has 0 saturated heterocycles. The first kappa shape index (κ1) is 11.2. The molecule has 0 spiro atoms. The Bertz CT molecular complexity index is 352. The molecule has 4 heteroatoms. The van der Waals surface area contributed by atoms with Crippen LogP contribution in [0.5, 0.6) is 0 Å². The molecule has 0 bridgehead atoms. The molecule has 1 N–H and O–H groups in total. The van der Waals surface area contributed by atoms with Gasteiger partial charge in [-0.1, -0.05) is 19.1 Å². The van der Waals surface area contributed by atoms with E-state index in [-0.39, 0.29) is 18.2 Å². The highest BCUT2D eigenvalue weighted by Crippen LogP contribution is 2.28. The number of hydrogen-bond acceptors (Lipinski definition) is 1. The van der Waals surface area contributed by atoms with Crippen LogP contribution in [0.25, 0.3) is 0 Å². The minimum atomic E-state index is -0.881. The smallest absolute Gasteiger partial charge is 0.303 e. The molecule has 0 saturated carbocycles. The van der Waals surface area contributed by atoms with Crippen LogP contribution in [0.2, 0.25) is 0 Å². The van der Waals surface area contributed by atoms with Crippen LogP contribution < -0.4 is 0 Å². The SMILES string of the molecule is CC(CC(=O)O)c1cccc(F)c1Br. The van der Waals surface area contributed by atoms with E-state index in [4.69, 9.17) is 5.11 Å². The zero-order valence-electron chi connectivity index (χ0n) is 7.63. The zero-order chi connectivity index (χ0) is 10.7. The normalized spacial score (nSPS) is 12.5. The maximum Gasteiger partial charge on any atom is 0.303 e. The van der Waals surface area contributed by atoms with E-state index in [1.807, 2.05) is 0 Å². The Morgan fingerprint density at radius 1 is 1.64 bits per heavy atom. The van der Waals surface area contributed by atoms with Crippen molar-refractivity contribution in [3.63, 3.8) is 0 Å². The Morgan fingerprint density at radius 3 is 2.86 bits per heavy atom. The third kappa shape index (κ3) is 2.54. The van der Waals surface area contributed by atoms with Crippen molar-refractivity contribution in [3.05, 3.63) is 34.1 Å². The molecule has 1 aromatic carbocycles. The van der Waals surface area contributed by atoms with E-state index in [2.05, 4.69) is 15.9 Å². The highest BCUT2D eigenvalue weighted by atomic mass is 79.9. The molecule has 0 aliphatic heterocycles. The van der Waals surface area contributed by atoms with Crippen LogP contribution in [-0.4, -0.2) is 11.1 Å². The van der Waals surface area contributed by atoms with E-state index in [0.717, 1.165) is 0 Å². The van der Waals surface area contributed by atoms with Gasteiger partial charge >= 0.3 is 5.97 Å². The Balaban J connectivity index is 2.95. The number of rotatable bonds is 3. The fourth-order valence-electron chi connectivity index (χ4n) is 1.27. The van der Waals surface area contributed by atoms with Crippen LogP contribution in [0.1, 0.15) is 24.8 Å². The maximum absolute atomic E-state index is 13.1. The second kappa shape index (κ2) is 4.55. The highest BCUT2D eigenvalue weighted by molar-refractivity contribution is 9.10. The molecule has 0 aliphatic rings. The number of hydrogen-bond donors (Lipinski definition) is 1. The van der Waals surface area contributed by atoms with Crippen LogP contribution in [0.4, 0.5) is 4.39 Å². The van der Waals surface area contributed by atoms with Crippen LogP contribution in [0.3, 0.4) is 0 Å². The Morgan fingerprint density at radius 2 is 2.29 bits per heavy atom. The summed E-state index contributed by atoms with van der Waals surface area (Å²) in [6.07, 6.45) is 0.00204. The lowest BCUT2D eigenvalue weighted by atomic mass is 9.98. The summed E-state index contributed by atoms with van der Waals surface area (Å²) in [7, 11) is 0. The van der Waals surface area contributed by atoms with Crippen molar-refractivity contribution in [3.8, 4) is 0 Å². The molecule has 0 fully saturated rings. The van der Waals surface area contributed by atoms with E-state index in [1.54, 1.807) is 19.1 Å². The van der Waals surface area contributed by atoms with E-state index in [1.165, 1.54) is 6.07 Å². The first-order chi connectivity index (χ1) is 6.52. The topological polar surface area (TPSA) is 37.3 Å². The van der Waals surface area contributed by atoms with Gasteiger partial charge in [-0.15, -0.1) is 0 Å². The lowest BCUT2D eigenvalue weighted by Crippen LogP contribution is -2.04. The number of aliphatic carboxylic acids is 1. The predicted molar refractivity (Wildman–Crippen MR) is 54.8 cm³/mol. The molecule has 0 aliphatic carbocycles. The van der Waals surface area contributed by atoms with Gasteiger partial charge < -0.3 is 5.11 Å². The summed E-state index contributed by atoms with van der Waals surface area (Å²) in [5, 5.41) is 8.60. The summed E-state index contributed by atoms with van der Waals surface area (Å²) in [6, 6.07) is 4.63. The quantitative estimate of drug-likeness (QED) is 0.907. The van der Waals surface area contributed by atoms with Gasteiger partial charge in [0.05, 0.1) is 10.9 Å². The van der Waals surface area contributed by atoms with Gasteiger partial charge in [0.15, 0.2) is 0 Å². The van der Waals surface area contributed by atoms with Gasteiger partial charge in [0.25, 0.3) is 0 Å². The molecule has 1 rings (SSSR count). The molecule has 0 amide bonds. The number of benzene rings is 1. The molecule has 76 valence electrons. The molecule has 0 heterocycles. The Kier molecular flexibility index (Phi) is 3.63. The van der Waals surface area contributed by atoms with Crippen molar-refractivity contribution in [2.45, 2.75) is 19.3 Å². The third-order valence-corrected chi connectivity index (χ3v) is 2.83. The van der Waals surface area contributed by atoms with Crippen molar-refractivity contribution >= 4 is 21.9 Å². The lowest BCUT2D eigenvalue weighted by Gasteiger charge is -2.11. The number of carboxylic acid groups (broad SMARTS) is 1. The number of halogens is 2. The van der Waals surface area contributed by atoms with E-state index in [9.17, 15) is 9.18 Å². The number of carboxylic acids is 1. The largest absolute Gasteiger partial charge is 0.481 e. The molecular formula is C10H10BrFO2. The standard InChI is InChI=1S/C10H10BrFO2/c1-6(5-9(13)14)7-3-2-4-8(12)10(7)11/h2-4,6H,5H2,1H3,(H,13,14). The second-order valence-electron chi connectivity index (χ2n) is 3.14. The van der Waals surface area contributed by atoms with Crippen LogP contribution >= 0.6 is 15.9 Å². The van der Waals surface area contributed by atoms with Crippen molar-refractivity contribution in [1.29, 1.82) is 0 Å². The van der Waals surface area contributed by atoms with Crippen molar-refractivity contribution in [2.24, 2.45) is 0 Å². The Hall–Kier alpha value is -0.900. The summed E-state index contributed by atoms with van der Waals surface area (Å²) < 4.78 is 13.4. The number of carbonyl (C=O) groups is 1. The van der Waals surface area contributed by atoms with Gasteiger partial charge in [-0.05, 0) is 33.5 Å². The van der Waals surface area contributed by atoms with Gasteiger partial charge in [-0.25, -0.2) is 4.39 Å². The molecule has 14 heavy (non-hydrogen) atoms. The van der Waals surface area contributed by atoms with Crippen molar-refractivity contribution in [1.82, 2.24) is 0 Å². The maximum atomic E-state index is 13.1. The molecule has 1 aromatic rings. The third-order valence-electron chi connectivity index (χ3n) is 1.99.